The third-order valence-corrected chi connectivity index (χ3v) is 4.10. The van der Waals surface area contributed by atoms with Crippen molar-refractivity contribution in [2.75, 3.05) is 7.05 Å². The number of rotatable bonds is 2. The first-order valence-electron chi connectivity index (χ1n) is 8.07. The number of nitrogens with zero attached hydrogens (tertiary/aromatic N) is 3. The second-order valence-corrected chi connectivity index (χ2v) is 5.43. The van der Waals surface area contributed by atoms with Crippen molar-refractivity contribution < 1.29 is 0 Å². The second-order valence-electron chi connectivity index (χ2n) is 5.43. The van der Waals surface area contributed by atoms with E-state index in [1.807, 2.05) is 10.7 Å². The Kier molecular flexibility index (Phi) is 4.53. The number of aryl methyl sites for hydroxylation is 1. The van der Waals surface area contributed by atoms with Crippen LogP contribution in [0.5, 0.6) is 0 Å². The standard InChI is InChI=1S/C18H17N3.CH5N/c1-2-13-12-17-19-9-10-21(17)20-18(13)16-8-7-14-5-3-4-6-15(14)11-16;1-2/h5-12H,2-4H2,1H3;2H2,1H3. The fourth-order valence-corrected chi connectivity index (χ4v) is 2.97. The van der Waals surface area contributed by atoms with E-state index in [9.17, 15) is 0 Å². The van der Waals surface area contributed by atoms with Gasteiger partial charge in [-0.2, -0.15) is 5.10 Å². The summed E-state index contributed by atoms with van der Waals surface area (Å²) in [6.07, 6.45) is 11.6. The zero-order valence-corrected chi connectivity index (χ0v) is 13.7. The first-order chi connectivity index (χ1) is 11.3. The highest BCUT2D eigenvalue weighted by molar-refractivity contribution is 5.65. The summed E-state index contributed by atoms with van der Waals surface area (Å²) in [5.41, 5.74) is 8.90. The molecule has 0 bridgehead atoms. The number of imidazole rings is 1. The Morgan fingerprint density at radius 2 is 1.87 bits per heavy atom. The van der Waals surface area contributed by atoms with E-state index in [1.165, 1.54) is 28.6 Å². The lowest BCUT2D eigenvalue weighted by molar-refractivity contribution is 0.920. The van der Waals surface area contributed by atoms with Gasteiger partial charge in [-0.3, -0.25) is 0 Å². The van der Waals surface area contributed by atoms with Crippen LogP contribution in [0.25, 0.3) is 29.1 Å². The van der Waals surface area contributed by atoms with Gasteiger partial charge in [0.05, 0.1) is 5.69 Å². The molecule has 0 aliphatic heterocycles. The van der Waals surface area contributed by atoms with Crippen LogP contribution in [0.4, 0.5) is 0 Å². The Bertz CT molecular complexity index is 938. The van der Waals surface area contributed by atoms with Crippen molar-refractivity contribution in [1.82, 2.24) is 14.6 Å². The van der Waals surface area contributed by atoms with E-state index in [2.05, 4.69) is 54.1 Å². The van der Waals surface area contributed by atoms with Gasteiger partial charge >= 0.3 is 0 Å². The lowest BCUT2D eigenvalue weighted by Crippen LogP contribution is -2.26. The summed E-state index contributed by atoms with van der Waals surface area (Å²) < 4.78 is 1.85. The van der Waals surface area contributed by atoms with E-state index < -0.39 is 0 Å². The summed E-state index contributed by atoms with van der Waals surface area (Å²) in [4.78, 5) is 4.32. The number of benzene rings is 1. The van der Waals surface area contributed by atoms with Gasteiger partial charge in [-0.25, -0.2) is 9.50 Å². The third-order valence-electron chi connectivity index (χ3n) is 4.10. The second kappa shape index (κ2) is 6.75. The van der Waals surface area contributed by atoms with E-state index in [0.29, 0.717) is 0 Å². The first-order valence-corrected chi connectivity index (χ1v) is 8.07. The van der Waals surface area contributed by atoms with Crippen molar-refractivity contribution in [2.24, 2.45) is 5.73 Å². The zero-order chi connectivity index (χ0) is 16.2. The van der Waals surface area contributed by atoms with Crippen LogP contribution in [0.2, 0.25) is 0 Å². The molecule has 1 aliphatic carbocycles. The van der Waals surface area contributed by atoms with Gasteiger partial charge in [-0.15, -0.1) is 0 Å². The molecule has 0 fully saturated rings. The minimum absolute atomic E-state index is 0.911. The quantitative estimate of drug-likeness (QED) is 0.786. The molecule has 4 heteroatoms. The summed E-state index contributed by atoms with van der Waals surface area (Å²) in [6, 6.07) is 8.78. The highest BCUT2D eigenvalue weighted by atomic mass is 15.2. The summed E-state index contributed by atoms with van der Waals surface area (Å²) in [5, 5.41) is 7.42. The molecule has 0 amide bonds. The minimum atomic E-state index is 0.911. The molecule has 1 aliphatic rings. The fraction of sp³-hybridized carbons (Fsp3) is 0.263. The van der Waals surface area contributed by atoms with Crippen molar-refractivity contribution in [1.29, 1.82) is 0 Å². The van der Waals surface area contributed by atoms with Gasteiger partial charge in [-0.05, 0) is 54.4 Å². The highest BCUT2D eigenvalue weighted by Gasteiger charge is 2.09. The van der Waals surface area contributed by atoms with Crippen LogP contribution in [-0.2, 0) is 6.42 Å². The summed E-state index contributed by atoms with van der Waals surface area (Å²) >= 11 is 0. The summed E-state index contributed by atoms with van der Waals surface area (Å²) in [6.45, 7) is 2.16. The molecule has 4 rings (SSSR count). The SMILES string of the molecule is CCc1cc2nccn2nc1-c1ccc2c(c1)=CCCC=2.CN. The smallest absolute Gasteiger partial charge is 0.153 e. The summed E-state index contributed by atoms with van der Waals surface area (Å²) in [5.74, 6) is 0. The molecule has 23 heavy (non-hydrogen) atoms. The zero-order valence-electron chi connectivity index (χ0n) is 13.7. The van der Waals surface area contributed by atoms with Crippen LogP contribution in [0.1, 0.15) is 25.3 Å². The Balaban J connectivity index is 0.000000753. The van der Waals surface area contributed by atoms with Crippen molar-refractivity contribution in [3.05, 3.63) is 52.7 Å². The van der Waals surface area contributed by atoms with Crippen molar-refractivity contribution in [3.63, 3.8) is 0 Å². The molecule has 0 saturated heterocycles. The van der Waals surface area contributed by atoms with Gasteiger partial charge < -0.3 is 5.73 Å². The minimum Gasteiger partial charge on any atom is -0.333 e. The Morgan fingerprint density at radius 1 is 1.09 bits per heavy atom. The van der Waals surface area contributed by atoms with E-state index in [4.69, 9.17) is 5.10 Å². The molecule has 4 nitrogen and oxygen atoms in total. The number of aromatic nitrogens is 3. The van der Waals surface area contributed by atoms with Crippen LogP contribution in [0.3, 0.4) is 0 Å². The predicted molar refractivity (Wildman–Crippen MR) is 95.3 cm³/mol. The monoisotopic (exact) mass is 306 g/mol. The highest BCUT2D eigenvalue weighted by Crippen LogP contribution is 2.21. The van der Waals surface area contributed by atoms with Crippen molar-refractivity contribution in [2.45, 2.75) is 26.2 Å². The van der Waals surface area contributed by atoms with Gasteiger partial charge in [0.15, 0.2) is 5.65 Å². The molecule has 2 heterocycles. The fourth-order valence-electron chi connectivity index (χ4n) is 2.97. The molecule has 1 aromatic carbocycles. The maximum atomic E-state index is 4.76. The van der Waals surface area contributed by atoms with Crippen LogP contribution < -0.4 is 16.2 Å². The van der Waals surface area contributed by atoms with Crippen LogP contribution in [-0.4, -0.2) is 21.6 Å². The molecule has 0 atom stereocenters. The average Bonchev–Trinajstić information content (AvgIpc) is 3.09. The normalized spacial score (nSPS) is 12.7. The molecule has 3 aromatic rings. The molecule has 2 N–H and O–H groups in total. The van der Waals surface area contributed by atoms with E-state index in [0.717, 1.165) is 30.6 Å². The molecule has 2 aromatic heterocycles. The van der Waals surface area contributed by atoms with Gasteiger partial charge in [0.25, 0.3) is 0 Å². The number of nitrogens with two attached hydrogens (primary N) is 1. The number of hydrogen-bond donors (Lipinski definition) is 1. The van der Waals surface area contributed by atoms with Crippen molar-refractivity contribution >= 4 is 17.8 Å². The first kappa shape index (κ1) is 15.4. The molecule has 0 unspecified atom stereocenters. The average molecular weight is 306 g/mol. The number of hydrogen-bond acceptors (Lipinski definition) is 3. The molecule has 0 saturated carbocycles. The molecular weight excluding hydrogens is 284 g/mol. The van der Waals surface area contributed by atoms with Crippen LogP contribution in [0, 0.1) is 0 Å². The van der Waals surface area contributed by atoms with Crippen molar-refractivity contribution in [3.8, 4) is 11.3 Å². The molecule has 118 valence electrons. The van der Waals surface area contributed by atoms with E-state index in [-0.39, 0.29) is 0 Å². The van der Waals surface area contributed by atoms with E-state index >= 15 is 0 Å². The lowest BCUT2D eigenvalue weighted by atomic mass is 10.0. The third kappa shape index (κ3) is 2.90. The maximum Gasteiger partial charge on any atom is 0.153 e. The Morgan fingerprint density at radius 3 is 2.65 bits per heavy atom. The topological polar surface area (TPSA) is 56.2 Å². The lowest BCUT2D eigenvalue weighted by Gasteiger charge is -2.09. The molecular formula is C19H22N4. The van der Waals surface area contributed by atoms with Crippen LogP contribution >= 0.6 is 0 Å². The van der Waals surface area contributed by atoms with E-state index in [1.54, 1.807) is 6.20 Å². The van der Waals surface area contributed by atoms with Gasteiger partial charge in [0.1, 0.15) is 0 Å². The summed E-state index contributed by atoms with van der Waals surface area (Å²) in [7, 11) is 1.50. The number of fused-ring (bicyclic) bond motifs is 2. The largest absolute Gasteiger partial charge is 0.333 e. The van der Waals surface area contributed by atoms with Gasteiger partial charge in [-0.1, -0.05) is 31.2 Å². The predicted octanol–water partition coefficient (Wildman–Crippen LogP) is 1.89. The Labute approximate surface area is 136 Å². The van der Waals surface area contributed by atoms with Gasteiger partial charge in [0, 0.05) is 18.0 Å². The molecule has 0 spiro atoms. The molecule has 0 radical (unpaired) electrons. The Hall–Kier alpha value is -2.46. The maximum absolute atomic E-state index is 4.76. The van der Waals surface area contributed by atoms with Gasteiger partial charge in [0.2, 0.25) is 0 Å². The van der Waals surface area contributed by atoms with Crippen LogP contribution in [0.15, 0.2) is 36.7 Å².